The molecule has 1 unspecified atom stereocenters. The molecule has 1 heterocycles. The summed E-state index contributed by atoms with van der Waals surface area (Å²) >= 11 is 0. The van der Waals surface area contributed by atoms with Gasteiger partial charge in [-0.3, -0.25) is 4.79 Å². The van der Waals surface area contributed by atoms with Crippen molar-refractivity contribution in [3.63, 3.8) is 0 Å². The molecule has 1 amide bonds. The zero-order chi connectivity index (χ0) is 15.4. The summed E-state index contributed by atoms with van der Waals surface area (Å²) in [7, 11) is 0. The van der Waals surface area contributed by atoms with Crippen molar-refractivity contribution < 1.29 is 4.79 Å². The van der Waals surface area contributed by atoms with Gasteiger partial charge in [-0.2, -0.15) is 0 Å². The highest BCUT2D eigenvalue weighted by molar-refractivity contribution is 5.85. The molecule has 4 heteroatoms. The van der Waals surface area contributed by atoms with Gasteiger partial charge >= 0.3 is 0 Å². The van der Waals surface area contributed by atoms with Crippen LogP contribution in [-0.2, 0) is 10.3 Å². The molecule has 1 aliphatic heterocycles. The SMILES string of the molecule is CC(NC(=O)C1CCNC1)(c1ccccc1)c1ccccc1.Cl. The molecule has 2 aromatic carbocycles. The number of carbonyl (C=O) groups is 1. The predicted octanol–water partition coefficient (Wildman–Crippen LogP) is 3.10. The van der Waals surface area contributed by atoms with Gasteiger partial charge in [0.15, 0.2) is 0 Å². The fraction of sp³-hybridized carbons (Fsp3) is 0.316. The second-order valence-electron chi connectivity index (χ2n) is 6.04. The monoisotopic (exact) mass is 330 g/mol. The predicted molar refractivity (Wildman–Crippen MR) is 95.7 cm³/mol. The molecule has 122 valence electrons. The minimum absolute atomic E-state index is 0. The molecule has 3 rings (SSSR count). The highest BCUT2D eigenvalue weighted by atomic mass is 35.5. The third kappa shape index (κ3) is 3.74. The smallest absolute Gasteiger partial charge is 0.225 e. The quantitative estimate of drug-likeness (QED) is 0.904. The Morgan fingerprint density at radius 3 is 2.00 bits per heavy atom. The van der Waals surface area contributed by atoms with Crippen molar-refractivity contribution in [3.8, 4) is 0 Å². The third-order valence-electron chi connectivity index (χ3n) is 4.51. The fourth-order valence-electron chi connectivity index (χ4n) is 3.08. The number of nitrogens with one attached hydrogen (secondary N) is 2. The summed E-state index contributed by atoms with van der Waals surface area (Å²) in [4.78, 5) is 12.7. The van der Waals surface area contributed by atoms with E-state index >= 15 is 0 Å². The van der Waals surface area contributed by atoms with Gasteiger partial charge in [0.05, 0.1) is 11.5 Å². The first kappa shape index (κ1) is 17.5. The number of amides is 1. The van der Waals surface area contributed by atoms with Crippen molar-refractivity contribution in [2.45, 2.75) is 18.9 Å². The number of carbonyl (C=O) groups excluding carboxylic acids is 1. The molecule has 0 radical (unpaired) electrons. The standard InChI is InChI=1S/C19H22N2O.ClH/c1-19(16-8-4-2-5-9-16,17-10-6-3-7-11-17)21-18(22)15-12-13-20-14-15;/h2-11,15,20H,12-14H2,1H3,(H,21,22);1H. The summed E-state index contributed by atoms with van der Waals surface area (Å²) in [5, 5.41) is 6.55. The highest BCUT2D eigenvalue weighted by Crippen LogP contribution is 2.29. The zero-order valence-corrected chi connectivity index (χ0v) is 14.1. The maximum Gasteiger partial charge on any atom is 0.225 e. The van der Waals surface area contributed by atoms with E-state index in [4.69, 9.17) is 0 Å². The first-order valence-electron chi connectivity index (χ1n) is 7.84. The lowest BCUT2D eigenvalue weighted by Gasteiger charge is -2.33. The van der Waals surface area contributed by atoms with Crippen molar-refractivity contribution in [1.29, 1.82) is 0 Å². The Bertz CT molecular complexity index is 585. The number of hydrogen-bond donors (Lipinski definition) is 2. The average molecular weight is 331 g/mol. The van der Waals surface area contributed by atoms with E-state index in [0.717, 1.165) is 30.6 Å². The van der Waals surface area contributed by atoms with Crippen molar-refractivity contribution in [3.05, 3.63) is 71.8 Å². The third-order valence-corrected chi connectivity index (χ3v) is 4.51. The fourth-order valence-corrected chi connectivity index (χ4v) is 3.08. The molecule has 3 nitrogen and oxygen atoms in total. The van der Waals surface area contributed by atoms with Crippen molar-refractivity contribution in [2.24, 2.45) is 5.92 Å². The number of rotatable bonds is 4. The van der Waals surface area contributed by atoms with E-state index in [1.165, 1.54) is 0 Å². The largest absolute Gasteiger partial charge is 0.342 e. The summed E-state index contributed by atoms with van der Waals surface area (Å²) < 4.78 is 0. The molecule has 0 aromatic heterocycles. The lowest BCUT2D eigenvalue weighted by Crippen LogP contribution is -2.47. The molecule has 0 spiro atoms. The Labute approximate surface area is 143 Å². The van der Waals surface area contributed by atoms with Gasteiger partial charge in [0.1, 0.15) is 0 Å². The minimum atomic E-state index is -0.512. The van der Waals surface area contributed by atoms with Crippen LogP contribution < -0.4 is 10.6 Å². The average Bonchev–Trinajstić information content (AvgIpc) is 3.11. The van der Waals surface area contributed by atoms with E-state index in [1.807, 2.05) is 36.4 Å². The molecular weight excluding hydrogens is 308 g/mol. The van der Waals surface area contributed by atoms with Gasteiger partial charge in [-0.15, -0.1) is 12.4 Å². The summed E-state index contributed by atoms with van der Waals surface area (Å²) in [6.07, 6.45) is 0.908. The minimum Gasteiger partial charge on any atom is -0.342 e. The van der Waals surface area contributed by atoms with E-state index in [2.05, 4.69) is 41.8 Å². The summed E-state index contributed by atoms with van der Waals surface area (Å²) in [6.45, 7) is 3.77. The summed E-state index contributed by atoms with van der Waals surface area (Å²) in [6, 6.07) is 20.3. The topological polar surface area (TPSA) is 41.1 Å². The van der Waals surface area contributed by atoms with E-state index < -0.39 is 5.54 Å². The molecule has 1 atom stereocenters. The zero-order valence-electron chi connectivity index (χ0n) is 13.3. The lowest BCUT2D eigenvalue weighted by atomic mass is 9.84. The molecule has 2 N–H and O–H groups in total. The van der Waals surface area contributed by atoms with Crippen LogP contribution in [0.4, 0.5) is 0 Å². The lowest BCUT2D eigenvalue weighted by molar-refractivity contribution is -0.125. The van der Waals surface area contributed by atoms with Crippen LogP contribution in [0.3, 0.4) is 0 Å². The molecule has 0 saturated carbocycles. The molecule has 1 saturated heterocycles. The van der Waals surface area contributed by atoms with Crippen LogP contribution in [0.5, 0.6) is 0 Å². The van der Waals surface area contributed by atoms with Crippen LogP contribution in [0.15, 0.2) is 60.7 Å². The van der Waals surface area contributed by atoms with E-state index in [9.17, 15) is 4.79 Å². The Hall–Kier alpha value is -1.84. The van der Waals surface area contributed by atoms with Gasteiger partial charge in [-0.1, -0.05) is 60.7 Å². The molecule has 23 heavy (non-hydrogen) atoms. The van der Waals surface area contributed by atoms with Crippen LogP contribution in [0.25, 0.3) is 0 Å². The second-order valence-corrected chi connectivity index (χ2v) is 6.04. The van der Waals surface area contributed by atoms with Crippen LogP contribution in [0.1, 0.15) is 24.5 Å². The van der Waals surface area contributed by atoms with Crippen LogP contribution in [0, 0.1) is 5.92 Å². The Morgan fingerprint density at radius 2 is 1.57 bits per heavy atom. The van der Waals surface area contributed by atoms with Gasteiger partial charge in [0.2, 0.25) is 5.91 Å². The highest BCUT2D eigenvalue weighted by Gasteiger charge is 2.33. The first-order chi connectivity index (χ1) is 10.7. The molecule has 2 aromatic rings. The molecule has 0 aliphatic carbocycles. The van der Waals surface area contributed by atoms with Crippen molar-refractivity contribution >= 4 is 18.3 Å². The second kappa shape index (κ2) is 7.62. The Morgan fingerprint density at radius 1 is 1.04 bits per heavy atom. The van der Waals surface area contributed by atoms with Gasteiger partial charge < -0.3 is 10.6 Å². The number of halogens is 1. The molecule has 0 bridgehead atoms. The van der Waals surface area contributed by atoms with Crippen LogP contribution in [-0.4, -0.2) is 19.0 Å². The summed E-state index contributed by atoms with van der Waals surface area (Å²) in [5.74, 6) is 0.187. The van der Waals surface area contributed by atoms with E-state index in [0.29, 0.717) is 0 Å². The maximum atomic E-state index is 12.7. The number of hydrogen-bond acceptors (Lipinski definition) is 2. The summed E-state index contributed by atoms with van der Waals surface area (Å²) in [5.41, 5.74) is 1.68. The van der Waals surface area contributed by atoms with E-state index in [-0.39, 0.29) is 24.2 Å². The van der Waals surface area contributed by atoms with Crippen molar-refractivity contribution in [1.82, 2.24) is 10.6 Å². The van der Waals surface area contributed by atoms with Gasteiger partial charge in [0.25, 0.3) is 0 Å². The van der Waals surface area contributed by atoms with Gasteiger partial charge in [-0.05, 0) is 31.0 Å². The van der Waals surface area contributed by atoms with Crippen LogP contribution >= 0.6 is 12.4 Å². The van der Waals surface area contributed by atoms with Crippen molar-refractivity contribution in [2.75, 3.05) is 13.1 Å². The van der Waals surface area contributed by atoms with Gasteiger partial charge in [-0.25, -0.2) is 0 Å². The molecule has 1 aliphatic rings. The maximum absolute atomic E-state index is 12.7. The van der Waals surface area contributed by atoms with E-state index in [1.54, 1.807) is 0 Å². The Kier molecular flexibility index (Phi) is 5.80. The Balaban J connectivity index is 0.00000192. The molecule has 1 fully saturated rings. The van der Waals surface area contributed by atoms with Gasteiger partial charge in [0, 0.05) is 6.54 Å². The molecular formula is C19H23ClN2O. The number of benzene rings is 2. The first-order valence-corrected chi connectivity index (χ1v) is 7.84. The normalized spacial score (nSPS) is 17.3. The van der Waals surface area contributed by atoms with Crippen LogP contribution in [0.2, 0.25) is 0 Å².